The smallest absolute Gasteiger partial charge is 0.345 e. The van der Waals surface area contributed by atoms with E-state index in [2.05, 4.69) is 32.9 Å². The summed E-state index contributed by atoms with van der Waals surface area (Å²) in [6.45, 7) is 14.5. The molecule has 1 unspecified atom stereocenters. The maximum atomic E-state index is 11.4. The van der Waals surface area contributed by atoms with E-state index in [-0.39, 0.29) is 17.4 Å². The number of carboxylic acid groups (broad SMARTS) is 1. The quantitative estimate of drug-likeness (QED) is 0.427. The summed E-state index contributed by atoms with van der Waals surface area (Å²) in [5.74, 6) is -0.0627. The van der Waals surface area contributed by atoms with E-state index in [0.29, 0.717) is 4.88 Å². The Morgan fingerprint density at radius 3 is 2.16 bits per heavy atom. The average Bonchev–Trinajstić information content (AvgIpc) is 3.19. The number of ether oxygens (including phenoxy) is 1. The molecule has 0 fully saturated rings. The highest BCUT2D eigenvalue weighted by molar-refractivity contribution is 7.14. The van der Waals surface area contributed by atoms with Crippen molar-refractivity contribution < 1.29 is 19.7 Å². The van der Waals surface area contributed by atoms with Crippen LogP contribution in [-0.4, -0.2) is 28.4 Å². The summed E-state index contributed by atoms with van der Waals surface area (Å²) in [5, 5.41) is 20.2. The van der Waals surface area contributed by atoms with Gasteiger partial charge in [-0.25, -0.2) is 4.79 Å². The molecule has 0 bridgehead atoms. The molecule has 172 valence electrons. The first-order valence-electron chi connectivity index (χ1n) is 11.2. The van der Waals surface area contributed by atoms with Gasteiger partial charge in [0.25, 0.3) is 0 Å². The van der Waals surface area contributed by atoms with Gasteiger partial charge in [-0.05, 0) is 60.9 Å². The second-order valence-corrected chi connectivity index (χ2v) is 10.7. The molecule has 0 spiro atoms. The second-order valence-electron chi connectivity index (χ2n) is 9.64. The molecule has 0 radical (unpaired) electrons. The van der Waals surface area contributed by atoms with Crippen molar-refractivity contribution in [3.63, 3.8) is 0 Å². The van der Waals surface area contributed by atoms with Gasteiger partial charge in [0, 0.05) is 10.3 Å². The lowest BCUT2D eigenvalue weighted by Crippen LogP contribution is -2.45. The highest BCUT2D eigenvalue weighted by atomic mass is 32.1. The molecule has 0 aliphatic rings. The van der Waals surface area contributed by atoms with Crippen LogP contribution in [0.2, 0.25) is 0 Å². The largest absolute Gasteiger partial charge is 0.490 e. The molecular formula is C26H38O4S. The lowest BCUT2D eigenvalue weighted by molar-refractivity contribution is -0.0726. The van der Waals surface area contributed by atoms with Crippen molar-refractivity contribution in [1.82, 2.24) is 0 Å². The number of benzene rings is 1. The minimum absolute atomic E-state index is 0.226. The zero-order valence-corrected chi connectivity index (χ0v) is 20.9. The number of aromatic carboxylic acids is 1. The normalized spacial score (nSPS) is 14.3. The second kappa shape index (κ2) is 9.74. The predicted octanol–water partition coefficient (Wildman–Crippen LogP) is 6.68. The molecule has 2 rings (SSSR count). The third-order valence-corrected chi connectivity index (χ3v) is 8.03. The van der Waals surface area contributed by atoms with E-state index in [1.54, 1.807) is 6.07 Å². The van der Waals surface area contributed by atoms with Crippen LogP contribution in [0.15, 0.2) is 30.3 Å². The number of hydrogen-bond donors (Lipinski definition) is 2. The molecule has 1 heterocycles. The Hall–Kier alpha value is -1.85. The van der Waals surface area contributed by atoms with Crippen LogP contribution in [0.3, 0.4) is 0 Å². The van der Waals surface area contributed by atoms with Crippen molar-refractivity contribution >= 4 is 17.3 Å². The van der Waals surface area contributed by atoms with Gasteiger partial charge in [-0.2, -0.15) is 0 Å². The summed E-state index contributed by atoms with van der Waals surface area (Å²) in [7, 11) is 0. The zero-order valence-electron chi connectivity index (χ0n) is 20.0. The molecule has 1 aromatic carbocycles. The van der Waals surface area contributed by atoms with Gasteiger partial charge in [-0.15, -0.1) is 11.3 Å². The molecular weight excluding hydrogens is 408 g/mol. The number of carbonyl (C=O) groups is 1. The molecule has 2 N–H and O–H groups in total. The third kappa shape index (κ3) is 5.32. The number of thiophene rings is 1. The summed E-state index contributed by atoms with van der Waals surface area (Å²) < 4.78 is 6.13. The van der Waals surface area contributed by atoms with Crippen molar-refractivity contribution in [1.29, 1.82) is 0 Å². The van der Waals surface area contributed by atoms with Crippen LogP contribution in [0.1, 0.15) is 93.4 Å². The monoisotopic (exact) mass is 446 g/mol. The van der Waals surface area contributed by atoms with Gasteiger partial charge < -0.3 is 14.9 Å². The highest BCUT2D eigenvalue weighted by Gasteiger charge is 2.37. The Kier molecular flexibility index (Phi) is 7.99. The summed E-state index contributed by atoms with van der Waals surface area (Å²) in [4.78, 5) is 12.9. The third-order valence-electron chi connectivity index (χ3n) is 6.75. The Labute approximate surface area is 191 Å². The number of rotatable bonds is 10. The van der Waals surface area contributed by atoms with Crippen LogP contribution in [0.25, 0.3) is 0 Å². The first kappa shape index (κ1) is 25.4. The van der Waals surface area contributed by atoms with Crippen molar-refractivity contribution in [3.8, 4) is 5.75 Å². The molecule has 1 aromatic heterocycles. The SMILES string of the molecule is CCCc1cc(C(CC)(CC)c2ccc(C(=O)O)s2)ccc1OCC(C)(O)C(C)(C)C. The minimum Gasteiger partial charge on any atom is -0.490 e. The van der Waals surface area contributed by atoms with E-state index in [0.717, 1.165) is 41.9 Å². The molecule has 0 amide bonds. The molecule has 0 saturated heterocycles. The highest BCUT2D eigenvalue weighted by Crippen LogP contribution is 2.43. The van der Waals surface area contributed by atoms with Gasteiger partial charge in [0.2, 0.25) is 0 Å². The number of aliphatic hydroxyl groups is 1. The van der Waals surface area contributed by atoms with Crippen molar-refractivity contribution in [2.45, 2.75) is 85.2 Å². The van der Waals surface area contributed by atoms with Crippen LogP contribution < -0.4 is 4.74 Å². The van der Waals surface area contributed by atoms with Crippen LogP contribution in [0, 0.1) is 5.41 Å². The van der Waals surface area contributed by atoms with Gasteiger partial charge >= 0.3 is 5.97 Å². The van der Waals surface area contributed by atoms with Crippen LogP contribution in [-0.2, 0) is 11.8 Å². The van der Waals surface area contributed by atoms with Crippen molar-refractivity contribution in [2.75, 3.05) is 6.61 Å². The first-order chi connectivity index (χ1) is 14.4. The van der Waals surface area contributed by atoms with E-state index < -0.39 is 11.6 Å². The summed E-state index contributed by atoms with van der Waals surface area (Å²) >= 11 is 1.37. The topological polar surface area (TPSA) is 66.8 Å². The Bertz CT molecular complexity index is 885. The molecule has 0 aliphatic heterocycles. The first-order valence-corrected chi connectivity index (χ1v) is 12.1. The lowest BCUT2D eigenvalue weighted by atomic mass is 9.74. The van der Waals surface area contributed by atoms with E-state index in [1.807, 2.05) is 39.8 Å². The number of carboxylic acids is 1. The maximum Gasteiger partial charge on any atom is 0.345 e. The van der Waals surface area contributed by atoms with Crippen molar-refractivity contribution in [3.05, 3.63) is 51.2 Å². The predicted molar refractivity (Wildman–Crippen MR) is 129 cm³/mol. The van der Waals surface area contributed by atoms with Crippen LogP contribution in [0.5, 0.6) is 5.75 Å². The zero-order chi connectivity index (χ0) is 23.4. The molecule has 31 heavy (non-hydrogen) atoms. The fraction of sp³-hybridized carbons (Fsp3) is 0.577. The van der Waals surface area contributed by atoms with Crippen LogP contribution >= 0.6 is 11.3 Å². The summed E-state index contributed by atoms with van der Waals surface area (Å²) in [6.07, 6.45) is 3.64. The lowest BCUT2D eigenvalue weighted by Gasteiger charge is -2.37. The Morgan fingerprint density at radius 2 is 1.68 bits per heavy atom. The van der Waals surface area contributed by atoms with Crippen molar-refractivity contribution in [2.24, 2.45) is 5.41 Å². The fourth-order valence-electron chi connectivity index (χ4n) is 3.78. The average molecular weight is 447 g/mol. The van der Waals surface area contributed by atoms with E-state index in [9.17, 15) is 15.0 Å². The van der Waals surface area contributed by atoms with Gasteiger partial charge in [-0.1, -0.05) is 60.1 Å². The van der Waals surface area contributed by atoms with E-state index in [1.165, 1.54) is 16.9 Å². The summed E-state index contributed by atoms with van der Waals surface area (Å²) in [5.41, 5.74) is 0.853. The molecule has 2 aromatic rings. The standard InChI is InChI=1S/C26H38O4S/c1-8-11-18-16-19(12-13-20(18)30-17-25(7,29)24(4,5)6)26(9-2,10-3)22-15-14-21(31-22)23(27)28/h12-16,29H,8-11,17H2,1-7H3,(H,27,28). The molecule has 1 atom stereocenters. The number of aryl methyl sites for hydroxylation is 1. The maximum absolute atomic E-state index is 11.4. The van der Waals surface area contributed by atoms with Gasteiger partial charge in [0.1, 0.15) is 22.8 Å². The number of hydrogen-bond acceptors (Lipinski definition) is 4. The summed E-state index contributed by atoms with van der Waals surface area (Å²) in [6, 6.07) is 10.0. The van der Waals surface area contributed by atoms with Gasteiger partial charge in [0.15, 0.2) is 0 Å². The Balaban J connectivity index is 2.45. The molecule has 0 aliphatic carbocycles. The molecule has 0 saturated carbocycles. The van der Waals surface area contributed by atoms with Crippen LogP contribution in [0.4, 0.5) is 0 Å². The molecule has 5 heteroatoms. The van der Waals surface area contributed by atoms with Gasteiger partial charge in [0.05, 0.1) is 0 Å². The van der Waals surface area contributed by atoms with E-state index >= 15 is 0 Å². The fourth-order valence-corrected chi connectivity index (χ4v) is 4.97. The van der Waals surface area contributed by atoms with Gasteiger partial charge in [-0.3, -0.25) is 0 Å². The Morgan fingerprint density at radius 1 is 1.03 bits per heavy atom. The van der Waals surface area contributed by atoms with E-state index in [4.69, 9.17) is 4.74 Å². The minimum atomic E-state index is -0.948. The molecule has 4 nitrogen and oxygen atoms in total.